The Morgan fingerprint density at radius 1 is 1.05 bits per heavy atom. The molecule has 1 saturated heterocycles. The van der Waals surface area contributed by atoms with Crippen molar-refractivity contribution in [2.24, 2.45) is 5.73 Å². The van der Waals surface area contributed by atoms with Gasteiger partial charge in [0.05, 0.1) is 6.54 Å². The average molecular weight is 259 g/mol. The standard InChI is InChI=1S/C13H13N3O3/c14-9-5-11(17)16(12(18)6-9)15-7-8-3-1-2-4-10(8)13(15)19/h1-4,9H,5-7,14H2. The van der Waals surface area contributed by atoms with Crippen molar-refractivity contribution in [2.45, 2.75) is 25.4 Å². The third kappa shape index (κ3) is 1.80. The lowest BCUT2D eigenvalue weighted by Crippen LogP contribution is -2.55. The van der Waals surface area contributed by atoms with Crippen LogP contribution in [-0.2, 0) is 16.1 Å². The topological polar surface area (TPSA) is 83.7 Å². The number of fused-ring (bicyclic) bond motifs is 1. The van der Waals surface area contributed by atoms with Crippen LogP contribution in [-0.4, -0.2) is 33.8 Å². The molecule has 0 bridgehead atoms. The molecular formula is C13H13N3O3. The van der Waals surface area contributed by atoms with Gasteiger partial charge in [-0.05, 0) is 11.6 Å². The van der Waals surface area contributed by atoms with E-state index >= 15 is 0 Å². The van der Waals surface area contributed by atoms with Crippen LogP contribution in [0, 0.1) is 0 Å². The van der Waals surface area contributed by atoms with Crippen LogP contribution in [0.2, 0.25) is 0 Å². The molecule has 19 heavy (non-hydrogen) atoms. The Morgan fingerprint density at radius 2 is 1.68 bits per heavy atom. The lowest BCUT2D eigenvalue weighted by atomic mass is 10.1. The van der Waals surface area contributed by atoms with Gasteiger partial charge in [0.1, 0.15) is 0 Å². The zero-order valence-corrected chi connectivity index (χ0v) is 10.2. The second-order valence-electron chi connectivity index (χ2n) is 4.79. The molecule has 1 fully saturated rings. The van der Waals surface area contributed by atoms with E-state index < -0.39 is 17.9 Å². The first-order valence-corrected chi connectivity index (χ1v) is 6.09. The first kappa shape index (κ1) is 11.9. The molecule has 0 aliphatic carbocycles. The number of nitrogens with zero attached hydrogens (tertiary/aromatic N) is 2. The van der Waals surface area contributed by atoms with Crippen LogP contribution in [0.15, 0.2) is 24.3 Å². The van der Waals surface area contributed by atoms with Gasteiger partial charge in [0.15, 0.2) is 0 Å². The number of nitrogens with two attached hydrogens (primary N) is 1. The molecule has 0 atom stereocenters. The van der Waals surface area contributed by atoms with Crippen molar-refractivity contribution in [1.29, 1.82) is 0 Å². The van der Waals surface area contributed by atoms with Crippen LogP contribution >= 0.6 is 0 Å². The number of hydrazine groups is 1. The summed E-state index contributed by atoms with van der Waals surface area (Å²) in [5.41, 5.74) is 6.99. The summed E-state index contributed by atoms with van der Waals surface area (Å²) in [4.78, 5) is 36.1. The molecule has 2 N–H and O–H groups in total. The summed E-state index contributed by atoms with van der Waals surface area (Å²) in [5.74, 6) is -1.14. The molecule has 0 aromatic heterocycles. The summed E-state index contributed by atoms with van der Waals surface area (Å²) in [5, 5.41) is 2.16. The van der Waals surface area contributed by atoms with E-state index in [1.165, 1.54) is 5.01 Å². The molecule has 98 valence electrons. The van der Waals surface area contributed by atoms with Crippen LogP contribution in [0.4, 0.5) is 0 Å². The normalized spacial score (nSPS) is 20.2. The highest BCUT2D eigenvalue weighted by atomic mass is 16.2. The van der Waals surface area contributed by atoms with E-state index in [1.54, 1.807) is 12.1 Å². The highest BCUT2D eigenvalue weighted by Gasteiger charge is 2.40. The maximum Gasteiger partial charge on any atom is 0.273 e. The van der Waals surface area contributed by atoms with E-state index in [2.05, 4.69) is 0 Å². The zero-order chi connectivity index (χ0) is 13.6. The molecule has 0 spiro atoms. The quantitative estimate of drug-likeness (QED) is 0.721. The third-order valence-electron chi connectivity index (χ3n) is 3.39. The molecule has 3 rings (SSSR count). The van der Waals surface area contributed by atoms with Gasteiger partial charge in [-0.3, -0.25) is 14.4 Å². The van der Waals surface area contributed by atoms with E-state index in [9.17, 15) is 14.4 Å². The van der Waals surface area contributed by atoms with Crippen LogP contribution in [0.1, 0.15) is 28.8 Å². The molecule has 0 saturated carbocycles. The van der Waals surface area contributed by atoms with Gasteiger partial charge >= 0.3 is 0 Å². The number of imide groups is 1. The van der Waals surface area contributed by atoms with Gasteiger partial charge in [0, 0.05) is 24.4 Å². The molecule has 0 unspecified atom stereocenters. The highest BCUT2D eigenvalue weighted by Crippen LogP contribution is 2.26. The Labute approximate surface area is 109 Å². The number of piperidine rings is 1. The lowest BCUT2D eigenvalue weighted by Gasteiger charge is -2.34. The molecule has 2 aliphatic heterocycles. The molecule has 2 heterocycles. The number of amides is 3. The van der Waals surface area contributed by atoms with Gasteiger partial charge in [0.25, 0.3) is 5.91 Å². The lowest BCUT2D eigenvalue weighted by molar-refractivity contribution is -0.164. The number of benzene rings is 1. The van der Waals surface area contributed by atoms with E-state index in [0.717, 1.165) is 10.6 Å². The summed E-state index contributed by atoms with van der Waals surface area (Å²) in [6.45, 7) is 0.252. The summed E-state index contributed by atoms with van der Waals surface area (Å²) in [6.07, 6.45) is 0.178. The molecular weight excluding hydrogens is 246 g/mol. The minimum Gasteiger partial charge on any atom is -0.327 e. The summed E-state index contributed by atoms with van der Waals surface area (Å²) >= 11 is 0. The second kappa shape index (κ2) is 4.17. The largest absolute Gasteiger partial charge is 0.327 e. The molecule has 0 radical (unpaired) electrons. The van der Waals surface area contributed by atoms with Gasteiger partial charge in [0.2, 0.25) is 11.8 Å². The fourth-order valence-corrected chi connectivity index (χ4v) is 2.50. The first-order chi connectivity index (χ1) is 9.08. The number of hydrogen-bond acceptors (Lipinski definition) is 4. The summed E-state index contributed by atoms with van der Waals surface area (Å²) < 4.78 is 0. The van der Waals surface area contributed by atoms with E-state index in [4.69, 9.17) is 5.73 Å². The fraction of sp³-hybridized carbons (Fsp3) is 0.308. The van der Waals surface area contributed by atoms with Crippen molar-refractivity contribution in [2.75, 3.05) is 0 Å². The van der Waals surface area contributed by atoms with Crippen molar-refractivity contribution in [3.63, 3.8) is 0 Å². The summed E-state index contributed by atoms with van der Waals surface area (Å²) in [7, 11) is 0. The van der Waals surface area contributed by atoms with Crippen LogP contribution in [0.5, 0.6) is 0 Å². The molecule has 1 aromatic rings. The Bertz CT molecular complexity index is 566. The van der Waals surface area contributed by atoms with Crippen molar-refractivity contribution < 1.29 is 14.4 Å². The Hall–Kier alpha value is -2.21. The van der Waals surface area contributed by atoms with Crippen LogP contribution in [0.25, 0.3) is 0 Å². The van der Waals surface area contributed by atoms with E-state index in [-0.39, 0.29) is 25.3 Å². The van der Waals surface area contributed by atoms with Crippen molar-refractivity contribution in [3.8, 4) is 0 Å². The Balaban J connectivity index is 1.91. The van der Waals surface area contributed by atoms with Gasteiger partial charge in [-0.15, -0.1) is 0 Å². The predicted octanol–water partition coefficient (Wildman–Crippen LogP) is 0.0337. The molecule has 6 heteroatoms. The van der Waals surface area contributed by atoms with Crippen molar-refractivity contribution in [3.05, 3.63) is 35.4 Å². The predicted molar refractivity (Wildman–Crippen MR) is 65.4 cm³/mol. The summed E-state index contributed by atoms with van der Waals surface area (Å²) in [6, 6.07) is 6.65. The van der Waals surface area contributed by atoms with Gasteiger partial charge < -0.3 is 5.73 Å². The number of carbonyl (C=O) groups is 3. The zero-order valence-electron chi connectivity index (χ0n) is 10.2. The molecule has 1 aromatic carbocycles. The van der Waals surface area contributed by atoms with Gasteiger partial charge in [-0.25, -0.2) is 5.01 Å². The monoisotopic (exact) mass is 259 g/mol. The number of carbonyl (C=O) groups excluding carboxylic acids is 3. The fourth-order valence-electron chi connectivity index (χ4n) is 2.50. The molecule has 2 aliphatic rings. The van der Waals surface area contributed by atoms with Gasteiger partial charge in [-0.1, -0.05) is 18.2 Å². The molecule has 3 amide bonds. The van der Waals surface area contributed by atoms with E-state index in [0.29, 0.717) is 5.56 Å². The molecule has 6 nitrogen and oxygen atoms in total. The Morgan fingerprint density at radius 3 is 2.32 bits per heavy atom. The van der Waals surface area contributed by atoms with Crippen molar-refractivity contribution in [1.82, 2.24) is 10.0 Å². The number of hydrogen-bond donors (Lipinski definition) is 1. The van der Waals surface area contributed by atoms with Crippen LogP contribution in [0.3, 0.4) is 0 Å². The average Bonchev–Trinajstić information content (AvgIpc) is 2.66. The minimum atomic E-state index is -0.448. The van der Waals surface area contributed by atoms with Crippen molar-refractivity contribution >= 4 is 17.7 Å². The maximum absolute atomic E-state index is 12.2. The third-order valence-corrected chi connectivity index (χ3v) is 3.39. The highest BCUT2D eigenvalue weighted by molar-refractivity contribution is 6.04. The number of rotatable bonds is 1. The minimum absolute atomic E-state index is 0.0892. The van der Waals surface area contributed by atoms with Crippen LogP contribution < -0.4 is 5.73 Å². The SMILES string of the molecule is NC1CC(=O)N(N2Cc3ccccc3C2=O)C(=O)C1. The van der Waals surface area contributed by atoms with E-state index in [1.807, 2.05) is 12.1 Å². The van der Waals surface area contributed by atoms with Gasteiger partial charge in [-0.2, -0.15) is 5.01 Å². The maximum atomic E-state index is 12.2. The smallest absolute Gasteiger partial charge is 0.273 e. The second-order valence-corrected chi connectivity index (χ2v) is 4.79. The first-order valence-electron chi connectivity index (χ1n) is 6.09. The Kier molecular flexibility index (Phi) is 2.60.